The first-order valence-corrected chi connectivity index (χ1v) is 9.22. The molecule has 3 rings (SSSR count). The molecule has 0 radical (unpaired) electrons. The number of ether oxygens (including phenoxy) is 1. The van der Waals surface area contributed by atoms with Crippen molar-refractivity contribution in [1.82, 2.24) is 5.32 Å². The quantitative estimate of drug-likeness (QED) is 0.702. The van der Waals surface area contributed by atoms with Gasteiger partial charge < -0.3 is 20.3 Å². The topological polar surface area (TPSA) is 105 Å². The second-order valence-corrected chi connectivity index (χ2v) is 6.67. The number of amides is 3. The van der Waals surface area contributed by atoms with Crippen LogP contribution in [-0.4, -0.2) is 43.9 Å². The Kier molecular flexibility index (Phi) is 6.41. The number of hydrogen-bond donors (Lipinski definition) is 2. The van der Waals surface area contributed by atoms with Gasteiger partial charge in [-0.1, -0.05) is 12.1 Å². The summed E-state index contributed by atoms with van der Waals surface area (Å²) in [5, 5.41) is 5.04. The third kappa shape index (κ3) is 4.80. The van der Waals surface area contributed by atoms with Gasteiger partial charge in [0.15, 0.2) is 6.61 Å². The molecule has 156 valence electrons. The van der Waals surface area contributed by atoms with E-state index in [9.17, 15) is 23.6 Å². The molecule has 2 aromatic carbocycles. The molecule has 1 atom stereocenters. The fraction of sp³-hybridized carbons (Fsp3) is 0.238. The molecule has 1 aliphatic rings. The number of rotatable bonds is 6. The first kappa shape index (κ1) is 21.0. The molecule has 0 spiro atoms. The molecule has 1 heterocycles. The van der Waals surface area contributed by atoms with E-state index in [2.05, 4.69) is 10.6 Å². The van der Waals surface area contributed by atoms with Crippen LogP contribution >= 0.6 is 0 Å². The molecule has 1 saturated heterocycles. The number of benzene rings is 2. The Bertz CT molecular complexity index is 977. The molecule has 3 amide bonds. The van der Waals surface area contributed by atoms with Crippen molar-refractivity contribution < 1.29 is 28.3 Å². The first-order chi connectivity index (χ1) is 14.4. The van der Waals surface area contributed by atoms with E-state index < -0.39 is 30.2 Å². The summed E-state index contributed by atoms with van der Waals surface area (Å²) in [7, 11) is 1.51. The van der Waals surface area contributed by atoms with Crippen LogP contribution in [0.2, 0.25) is 0 Å². The van der Waals surface area contributed by atoms with Gasteiger partial charge in [0.05, 0.1) is 11.6 Å². The van der Waals surface area contributed by atoms with Gasteiger partial charge in [0.1, 0.15) is 5.82 Å². The zero-order chi connectivity index (χ0) is 21.7. The number of nitrogens with zero attached hydrogens (tertiary/aromatic N) is 1. The minimum Gasteiger partial charge on any atom is -0.455 e. The Hall–Kier alpha value is -3.75. The number of esters is 1. The number of carbonyl (C=O) groups excluding carboxylic acids is 4. The lowest BCUT2D eigenvalue weighted by atomic mass is 10.1. The van der Waals surface area contributed by atoms with Crippen LogP contribution in [-0.2, 0) is 19.1 Å². The average Bonchev–Trinajstić information content (AvgIpc) is 3.14. The fourth-order valence-electron chi connectivity index (χ4n) is 3.07. The van der Waals surface area contributed by atoms with Crippen molar-refractivity contribution in [2.45, 2.75) is 6.42 Å². The van der Waals surface area contributed by atoms with Gasteiger partial charge in [-0.25, -0.2) is 4.39 Å². The highest BCUT2D eigenvalue weighted by Gasteiger charge is 2.37. The van der Waals surface area contributed by atoms with Crippen molar-refractivity contribution in [3.63, 3.8) is 0 Å². The molecule has 2 N–H and O–H groups in total. The van der Waals surface area contributed by atoms with Gasteiger partial charge in [0, 0.05) is 31.3 Å². The van der Waals surface area contributed by atoms with Crippen LogP contribution in [0.15, 0.2) is 48.5 Å². The van der Waals surface area contributed by atoms with E-state index in [0.29, 0.717) is 11.3 Å². The van der Waals surface area contributed by atoms with Crippen LogP contribution in [0, 0.1) is 11.7 Å². The molecule has 1 fully saturated rings. The number of halogens is 1. The molecule has 0 bridgehead atoms. The number of nitrogens with one attached hydrogen (secondary N) is 2. The Morgan fingerprint density at radius 1 is 1.13 bits per heavy atom. The third-order valence-electron chi connectivity index (χ3n) is 4.61. The highest BCUT2D eigenvalue weighted by Crippen LogP contribution is 2.27. The number of hydrogen-bond acceptors (Lipinski definition) is 5. The van der Waals surface area contributed by atoms with Crippen LogP contribution in [0.25, 0.3) is 0 Å². The molecule has 1 aliphatic heterocycles. The second kappa shape index (κ2) is 9.17. The van der Waals surface area contributed by atoms with Gasteiger partial charge in [-0.05, 0) is 36.4 Å². The van der Waals surface area contributed by atoms with E-state index in [4.69, 9.17) is 4.74 Å². The normalized spacial score (nSPS) is 15.6. The summed E-state index contributed by atoms with van der Waals surface area (Å²) in [5.74, 6) is -3.24. The standard InChI is InChI=1S/C21H20FN3O5/c1-23-20(28)13-6-8-15(9-7-13)24-18(26)12-30-21(29)14-10-19(27)25(11-14)17-5-3-2-4-16(17)22/h2-9,14H,10-12H2,1H3,(H,23,28)(H,24,26)/t14-/m0/s1. The maximum absolute atomic E-state index is 13.9. The van der Waals surface area contributed by atoms with Crippen LogP contribution in [0.4, 0.5) is 15.8 Å². The Labute approximate surface area is 172 Å². The van der Waals surface area contributed by atoms with Crippen LogP contribution < -0.4 is 15.5 Å². The van der Waals surface area contributed by atoms with Crippen molar-refractivity contribution >= 4 is 35.1 Å². The molecular formula is C21H20FN3O5. The Morgan fingerprint density at radius 3 is 2.50 bits per heavy atom. The summed E-state index contributed by atoms with van der Waals surface area (Å²) < 4.78 is 18.9. The molecule has 0 aliphatic carbocycles. The SMILES string of the molecule is CNC(=O)c1ccc(NC(=O)COC(=O)[C@H]2CC(=O)N(c3ccccc3F)C2)cc1. The Morgan fingerprint density at radius 2 is 1.83 bits per heavy atom. The van der Waals surface area contributed by atoms with Crippen molar-refractivity contribution in [3.05, 3.63) is 59.9 Å². The van der Waals surface area contributed by atoms with Crippen molar-refractivity contribution in [2.24, 2.45) is 5.92 Å². The van der Waals surface area contributed by atoms with E-state index >= 15 is 0 Å². The molecule has 30 heavy (non-hydrogen) atoms. The lowest BCUT2D eigenvalue weighted by Gasteiger charge is -2.17. The molecule has 0 unspecified atom stereocenters. The molecule has 2 aromatic rings. The minimum atomic E-state index is -0.781. The Balaban J connectivity index is 1.51. The summed E-state index contributed by atoms with van der Waals surface area (Å²) >= 11 is 0. The maximum Gasteiger partial charge on any atom is 0.311 e. The summed E-state index contributed by atoms with van der Waals surface area (Å²) in [6, 6.07) is 12.0. The molecule has 9 heteroatoms. The van der Waals surface area contributed by atoms with Crippen molar-refractivity contribution in [3.8, 4) is 0 Å². The largest absolute Gasteiger partial charge is 0.455 e. The summed E-state index contributed by atoms with van der Waals surface area (Å²) in [4.78, 5) is 49.1. The zero-order valence-electron chi connectivity index (χ0n) is 16.2. The van der Waals surface area contributed by atoms with E-state index in [-0.39, 0.29) is 30.5 Å². The highest BCUT2D eigenvalue weighted by molar-refractivity contribution is 6.00. The van der Waals surface area contributed by atoms with Gasteiger partial charge in [-0.15, -0.1) is 0 Å². The minimum absolute atomic E-state index is 0.0127. The second-order valence-electron chi connectivity index (χ2n) is 6.67. The van der Waals surface area contributed by atoms with E-state index in [1.54, 1.807) is 30.3 Å². The first-order valence-electron chi connectivity index (χ1n) is 9.22. The number of anilines is 2. The van der Waals surface area contributed by atoms with Gasteiger partial charge >= 0.3 is 5.97 Å². The van der Waals surface area contributed by atoms with E-state index in [0.717, 1.165) is 0 Å². The predicted octanol–water partition coefficient (Wildman–Crippen LogP) is 1.72. The van der Waals surface area contributed by atoms with Crippen LogP contribution in [0.3, 0.4) is 0 Å². The summed E-state index contributed by atoms with van der Waals surface area (Å²) in [6.07, 6.45) is -0.115. The average molecular weight is 413 g/mol. The van der Waals surface area contributed by atoms with E-state index in [1.807, 2.05) is 0 Å². The molecule has 8 nitrogen and oxygen atoms in total. The van der Waals surface area contributed by atoms with Gasteiger partial charge in [-0.2, -0.15) is 0 Å². The highest BCUT2D eigenvalue weighted by atomic mass is 19.1. The van der Waals surface area contributed by atoms with Crippen molar-refractivity contribution in [1.29, 1.82) is 0 Å². The number of carbonyl (C=O) groups is 4. The van der Waals surface area contributed by atoms with Gasteiger partial charge in [-0.3, -0.25) is 19.2 Å². The van der Waals surface area contributed by atoms with Gasteiger partial charge in [0.25, 0.3) is 11.8 Å². The summed E-state index contributed by atoms with van der Waals surface area (Å²) in [5.41, 5.74) is 0.980. The lowest BCUT2D eigenvalue weighted by molar-refractivity contribution is -0.151. The van der Waals surface area contributed by atoms with Crippen molar-refractivity contribution in [2.75, 3.05) is 30.4 Å². The fourth-order valence-corrected chi connectivity index (χ4v) is 3.07. The van der Waals surface area contributed by atoms with Crippen LogP contribution in [0.5, 0.6) is 0 Å². The molecule has 0 aromatic heterocycles. The number of para-hydroxylation sites is 1. The smallest absolute Gasteiger partial charge is 0.311 e. The predicted molar refractivity (Wildman–Crippen MR) is 106 cm³/mol. The molecular weight excluding hydrogens is 393 g/mol. The summed E-state index contributed by atoms with van der Waals surface area (Å²) in [6.45, 7) is -0.540. The monoisotopic (exact) mass is 413 g/mol. The maximum atomic E-state index is 13.9. The van der Waals surface area contributed by atoms with Crippen LogP contribution in [0.1, 0.15) is 16.8 Å². The van der Waals surface area contributed by atoms with Gasteiger partial charge in [0.2, 0.25) is 5.91 Å². The van der Waals surface area contributed by atoms with E-state index in [1.165, 1.54) is 30.1 Å². The third-order valence-corrected chi connectivity index (χ3v) is 4.61. The lowest BCUT2D eigenvalue weighted by Crippen LogP contribution is -2.28. The molecule has 0 saturated carbocycles. The zero-order valence-corrected chi connectivity index (χ0v) is 16.2.